The van der Waals surface area contributed by atoms with E-state index in [0.29, 0.717) is 21.7 Å². The largest absolute Gasteiger partial charge is 0.158 e. The van der Waals surface area contributed by atoms with Crippen LogP contribution >= 0.6 is 0 Å². The van der Waals surface area contributed by atoms with E-state index in [9.17, 15) is 0 Å². The molecule has 0 aliphatic carbocycles. The number of hydrogen-bond donors (Lipinski definition) is 0. The van der Waals surface area contributed by atoms with Crippen molar-refractivity contribution in [2.24, 2.45) is 31.9 Å². The van der Waals surface area contributed by atoms with Crippen molar-refractivity contribution in [1.82, 2.24) is 0 Å². The van der Waals surface area contributed by atoms with Gasteiger partial charge in [-0.3, -0.25) is 0 Å². The minimum absolute atomic E-state index is 0.292. The quantitative estimate of drug-likeness (QED) is 0.189. The normalized spacial score (nSPS) is 13.6. The third kappa shape index (κ3) is 13.8. The molecule has 0 spiro atoms. The summed E-state index contributed by atoms with van der Waals surface area (Å²) in [5.41, 5.74) is 12.0. The highest BCUT2D eigenvalue weighted by atomic mass is 15.2. The lowest BCUT2D eigenvalue weighted by Crippen LogP contribution is -2.11. The van der Waals surface area contributed by atoms with Gasteiger partial charge in [-0.15, -0.1) is 0 Å². The van der Waals surface area contributed by atoms with E-state index in [4.69, 9.17) is 10.2 Å². The molecule has 0 amide bonds. The topological polar surface area (TPSA) is 24.7 Å². The lowest BCUT2D eigenvalue weighted by molar-refractivity contribution is 0.375. The maximum atomic E-state index is 4.74. The third-order valence-corrected chi connectivity index (χ3v) is 8.01. The molecule has 0 heterocycles. The van der Waals surface area contributed by atoms with Crippen LogP contribution in [0.2, 0.25) is 0 Å². The summed E-state index contributed by atoms with van der Waals surface area (Å²) in [6, 6.07) is 9.47. The molecule has 0 aromatic heterocycles. The molecule has 2 nitrogen and oxygen atoms in total. The van der Waals surface area contributed by atoms with Gasteiger partial charge < -0.3 is 0 Å². The third-order valence-electron chi connectivity index (χ3n) is 8.01. The Labute approximate surface area is 260 Å². The Morgan fingerprint density at radius 2 is 0.643 bits per heavy atom. The first-order valence-corrected chi connectivity index (χ1v) is 16.4. The molecule has 0 aliphatic heterocycles. The highest BCUT2D eigenvalue weighted by molar-refractivity contribution is 5.87. The molecule has 0 saturated heterocycles. The van der Waals surface area contributed by atoms with Crippen molar-refractivity contribution in [2.75, 3.05) is 0 Å². The number of rotatable bonds is 11. The molecule has 0 unspecified atom stereocenters. The summed E-state index contributed by atoms with van der Waals surface area (Å²) in [6.07, 6.45) is 12.9. The summed E-state index contributed by atoms with van der Waals surface area (Å²) in [5.74, 6) is 0. The van der Waals surface area contributed by atoms with Gasteiger partial charge in [0.1, 0.15) is 0 Å². The smallest absolute Gasteiger partial charge is 0.0573 e. The second-order valence-electron chi connectivity index (χ2n) is 17.7. The zero-order valence-corrected chi connectivity index (χ0v) is 30.0. The molecule has 0 N–H and O–H groups in total. The van der Waals surface area contributed by atoms with Crippen LogP contribution in [0.5, 0.6) is 0 Å². The molecule has 234 valence electrons. The van der Waals surface area contributed by atoms with Crippen LogP contribution in [0.25, 0.3) is 0 Å². The summed E-state index contributed by atoms with van der Waals surface area (Å²) >= 11 is 0. The number of aryl methyl sites for hydroxylation is 6. The standard InChI is InChI=1S/C40H64N2/c1-29-23-31(15-19-37(3,4)5)35(32(24-29)16-20-38(6,7)8)27-41-42-28-36-33(17-21-39(9,10)11)25-30(2)26-34(36)18-22-40(12,13)14/h23-28H,15-22H2,1-14H3/b41-27+,42-28+. The minimum Gasteiger partial charge on any atom is -0.158 e. The monoisotopic (exact) mass is 573 g/mol. The SMILES string of the molecule is Cc1cc(CCC(C)(C)C)c(/C=N/N=C/c2c(CCC(C)(C)C)cc(C)cc2CCC(C)(C)C)c(CCC(C)(C)C)c1. The second-order valence-corrected chi connectivity index (χ2v) is 17.7. The molecule has 0 fully saturated rings. The predicted octanol–water partition coefficient (Wildman–Crippen LogP) is 11.7. The first kappa shape index (κ1) is 36.0. The number of hydrogen-bond acceptors (Lipinski definition) is 2. The van der Waals surface area contributed by atoms with Crippen LogP contribution in [0.15, 0.2) is 34.5 Å². The zero-order chi connectivity index (χ0) is 31.9. The lowest BCUT2D eigenvalue weighted by atomic mass is 9.83. The molecule has 0 bridgehead atoms. The molecule has 0 saturated carbocycles. The van der Waals surface area contributed by atoms with Gasteiger partial charge in [-0.1, -0.05) is 118 Å². The van der Waals surface area contributed by atoms with E-state index >= 15 is 0 Å². The molecule has 2 rings (SSSR count). The van der Waals surface area contributed by atoms with Crippen LogP contribution in [0.4, 0.5) is 0 Å². The number of nitrogens with zero attached hydrogens (tertiary/aromatic N) is 2. The summed E-state index contributed by atoms with van der Waals surface area (Å²) < 4.78 is 0. The Morgan fingerprint density at radius 1 is 0.429 bits per heavy atom. The van der Waals surface area contributed by atoms with Crippen LogP contribution in [-0.2, 0) is 25.7 Å². The Bertz CT molecular complexity index is 1040. The number of benzene rings is 2. The highest BCUT2D eigenvalue weighted by Gasteiger charge is 2.18. The second kappa shape index (κ2) is 14.5. The van der Waals surface area contributed by atoms with Gasteiger partial charge in [0.05, 0.1) is 12.4 Å². The summed E-state index contributed by atoms with van der Waals surface area (Å²) in [7, 11) is 0. The van der Waals surface area contributed by atoms with Crippen LogP contribution < -0.4 is 0 Å². The fraction of sp³-hybridized carbons (Fsp3) is 0.650. The van der Waals surface area contributed by atoms with Gasteiger partial charge >= 0.3 is 0 Å². The fourth-order valence-corrected chi connectivity index (χ4v) is 5.29. The maximum absolute atomic E-state index is 4.74. The van der Waals surface area contributed by atoms with Gasteiger partial charge in [0, 0.05) is 11.1 Å². The maximum Gasteiger partial charge on any atom is 0.0573 e. The molecule has 0 aliphatic rings. The van der Waals surface area contributed by atoms with Gasteiger partial charge in [0.15, 0.2) is 0 Å². The zero-order valence-electron chi connectivity index (χ0n) is 30.0. The van der Waals surface area contributed by atoms with Gasteiger partial charge in [-0.25, -0.2) is 0 Å². The van der Waals surface area contributed by atoms with Gasteiger partial charge in [0.2, 0.25) is 0 Å². The van der Waals surface area contributed by atoms with Crippen LogP contribution in [0, 0.1) is 35.5 Å². The van der Waals surface area contributed by atoms with E-state index < -0.39 is 0 Å². The van der Waals surface area contributed by atoms with E-state index in [2.05, 4.69) is 121 Å². The van der Waals surface area contributed by atoms with E-state index in [1.54, 1.807) is 0 Å². The van der Waals surface area contributed by atoms with Gasteiger partial charge in [0.25, 0.3) is 0 Å². The minimum atomic E-state index is 0.292. The van der Waals surface area contributed by atoms with Gasteiger partial charge in [-0.05, 0) is 109 Å². The molecule has 0 radical (unpaired) electrons. The Kier molecular flexibility index (Phi) is 12.4. The Hall–Kier alpha value is -2.22. The fourth-order valence-electron chi connectivity index (χ4n) is 5.29. The molecule has 2 aromatic rings. The van der Waals surface area contributed by atoms with Crippen LogP contribution in [0.1, 0.15) is 153 Å². The van der Waals surface area contributed by atoms with Crippen molar-refractivity contribution >= 4 is 12.4 Å². The molecule has 2 aromatic carbocycles. The van der Waals surface area contributed by atoms with Crippen LogP contribution in [0.3, 0.4) is 0 Å². The molecular formula is C40H64N2. The molecule has 0 atom stereocenters. The Balaban J connectivity index is 2.53. The van der Waals surface area contributed by atoms with Crippen molar-refractivity contribution in [3.8, 4) is 0 Å². The van der Waals surface area contributed by atoms with Crippen molar-refractivity contribution in [2.45, 2.75) is 148 Å². The molecular weight excluding hydrogens is 508 g/mol. The van der Waals surface area contributed by atoms with Gasteiger partial charge in [-0.2, -0.15) is 10.2 Å². The average Bonchev–Trinajstić information content (AvgIpc) is 2.81. The Morgan fingerprint density at radius 3 is 0.833 bits per heavy atom. The van der Waals surface area contributed by atoms with Crippen molar-refractivity contribution in [3.05, 3.63) is 68.8 Å². The summed E-state index contributed by atoms with van der Waals surface area (Å²) in [6.45, 7) is 32.4. The average molecular weight is 573 g/mol. The highest BCUT2D eigenvalue weighted by Crippen LogP contribution is 2.30. The lowest BCUT2D eigenvalue weighted by Gasteiger charge is -2.22. The van der Waals surface area contributed by atoms with E-state index in [1.165, 1.54) is 44.5 Å². The first-order valence-electron chi connectivity index (χ1n) is 16.4. The summed E-state index contributed by atoms with van der Waals surface area (Å²) in [5, 5.41) is 9.49. The van der Waals surface area contributed by atoms with Crippen molar-refractivity contribution < 1.29 is 0 Å². The van der Waals surface area contributed by atoms with Crippen molar-refractivity contribution in [3.63, 3.8) is 0 Å². The van der Waals surface area contributed by atoms with Crippen LogP contribution in [-0.4, -0.2) is 12.4 Å². The van der Waals surface area contributed by atoms with E-state index in [0.717, 1.165) is 51.4 Å². The summed E-state index contributed by atoms with van der Waals surface area (Å²) in [4.78, 5) is 0. The predicted molar refractivity (Wildman–Crippen MR) is 189 cm³/mol. The van der Waals surface area contributed by atoms with E-state index in [-0.39, 0.29) is 0 Å². The first-order chi connectivity index (χ1) is 19.1. The van der Waals surface area contributed by atoms with Crippen molar-refractivity contribution in [1.29, 1.82) is 0 Å². The molecule has 42 heavy (non-hydrogen) atoms. The van der Waals surface area contributed by atoms with E-state index in [1.807, 2.05) is 12.4 Å². The molecule has 2 heteroatoms.